The number of aryl methyl sites for hydroxylation is 2. The zero-order chi connectivity index (χ0) is 19.1. The Bertz CT molecular complexity index is 934. The van der Waals surface area contributed by atoms with E-state index in [9.17, 15) is 9.59 Å². The van der Waals surface area contributed by atoms with Gasteiger partial charge in [0.15, 0.2) is 0 Å². The lowest BCUT2D eigenvalue weighted by atomic mass is 10.2. The maximum Gasteiger partial charge on any atom is 0.298 e. The van der Waals surface area contributed by atoms with Gasteiger partial charge in [-0.2, -0.15) is 0 Å². The van der Waals surface area contributed by atoms with E-state index in [1.165, 1.54) is 42.0 Å². The zero-order valence-corrected chi connectivity index (χ0v) is 16.8. The number of benzene rings is 1. The van der Waals surface area contributed by atoms with E-state index in [0.717, 1.165) is 22.9 Å². The predicted molar refractivity (Wildman–Crippen MR) is 111 cm³/mol. The predicted octanol–water partition coefficient (Wildman–Crippen LogP) is 5.77. The lowest BCUT2D eigenvalue weighted by Crippen LogP contribution is -2.27. The Morgan fingerprint density at radius 2 is 1.70 bits per heavy atom. The molecule has 140 valence electrons. The van der Waals surface area contributed by atoms with Crippen LogP contribution < -0.4 is 4.90 Å². The molecule has 0 N–H and O–H groups in total. The number of rotatable bonds is 3. The SMILES string of the molecule is Cc1ccc(N2C(=O)S/C(=C\c3cc(C)n(C4CCCC4)c3C)C2=O)cc1. The summed E-state index contributed by atoms with van der Waals surface area (Å²) >= 11 is 1.02. The van der Waals surface area contributed by atoms with Gasteiger partial charge in [-0.05, 0) is 75.2 Å². The molecule has 0 spiro atoms. The van der Waals surface area contributed by atoms with Crippen molar-refractivity contribution in [2.45, 2.75) is 52.5 Å². The minimum atomic E-state index is -0.237. The minimum absolute atomic E-state index is 0.236. The molecule has 4 nitrogen and oxygen atoms in total. The van der Waals surface area contributed by atoms with Crippen molar-refractivity contribution >= 4 is 34.7 Å². The molecular weight excluding hydrogens is 356 g/mol. The lowest BCUT2D eigenvalue weighted by molar-refractivity contribution is -0.113. The fourth-order valence-corrected chi connectivity index (χ4v) is 5.03. The molecule has 4 rings (SSSR count). The lowest BCUT2D eigenvalue weighted by Gasteiger charge is -2.17. The highest BCUT2D eigenvalue weighted by Crippen LogP contribution is 2.38. The molecule has 27 heavy (non-hydrogen) atoms. The maximum atomic E-state index is 12.9. The monoisotopic (exact) mass is 380 g/mol. The standard InChI is InChI=1S/C22H24N2O2S/c1-14-8-10-19(11-9-14)24-21(25)20(27-22(24)26)13-17-12-15(2)23(16(17)3)18-6-4-5-7-18/h8-13,18H,4-7H2,1-3H3/b20-13-. The van der Waals surface area contributed by atoms with Crippen molar-refractivity contribution in [1.82, 2.24) is 4.57 Å². The molecule has 2 amide bonds. The van der Waals surface area contributed by atoms with E-state index in [-0.39, 0.29) is 11.1 Å². The number of hydrogen-bond donors (Lipinski definition) is 0. The van der Waals surface area contributed by atoms with Gasteiger partial charge in [0.2, 0.25) is 0 Å². The molecule has 2 aliphatic rings. The highest BCUT2D eigenvalue weighted by molar-refractivity contribution is 8.19. The van der Waals surface area contributed by atoms with Gasteiger partial charge in [0.05, 0.1) is 10.6 Å². The fraction of sp³-hybridized carbons (Fsp3) is 0.364. The molecule has 1 saturated carbocycles. The molecule has 2 fully saturated rings. The summed E-state index contributed by atoms with van der Waals surface area (Å²) in [6.07, 6.45) is 6.89. The largest absolute Gasteiger partial charge is 0.346 e. The van der Waals surface area contributed by atoms with Crippen LogP contribution in [0.15, 0.2) is 35.2 Å². The quantitative estimate of drug-likeness (QED) is 0.635. The van der Waals surface area contributed by atoms with Crippen LogP contribution in [0.25, 0.3) is 6.08 Å². The van der Waals surface area contributed by atoms with Gasteiger partial charge in [-0.25, -0.2) is 4.90 Å². The molecule has 1 saturated heterocycles. The Morgan fingerprint density at radius 1 is 1.04 bits per heavy atom. The number of thioether (sulfide) groups is 1. The Hall–Kier alpha value is -2.27. The maximum absolute atomic E-state index is 12.9. The van der Waals surface area contributed by atoms with E-state index in [0.29, 0.717) is 16.6 Å². The molecule has 0 atom stereocenters. The van der Waals surface area contributed by atoms with Crippen LogP contribution in [0.4, 0.5) is 10.5 Å². The van der Waals surface area contributed by atoms with E-state index >= 15 is 0 Å². The zero-order valence-electron chi connectivity index (χ0n) is 16.0. The summed E-state index contributed by atoms with van der Waals surface area (Å²) in [7, 11) is 0. The first-order valence-electron chi connectivity index (χ1n) is 9.49. The number of carbonyl (C=O) groups excluding carboxylic acids is 2. The van der Waals surface area contributed by atoms with Gasteiger partial charge in [0, 0.05) is 17.4 Å². The molecular formula is C22H24N2O2S. The Kier molecular flexibility index (Phi) is 4.72. The van der Waals surface area contributed by atoms with Gasteiger partial charge in [-0.15, -0.1) is 0 Å². The average Bonchev–Trinajstić information content (AvgIpc) is 3.31. The van der Waals surface area contributed by atoms with Crippen LogP contribution in [0.3, 0.4) is 0 Å². The second-order valence-electron chi connectivity index (χ2n) is 7.49. The summed E-state index contributed by atoms with van der Waals surface area (Å²) in [6.45, 7) is 6.22. The third-order valence-corrected chi connectivity index (χ3v) is 6.46. The third-order valence-electron chi connectivity index (χ3n) is 5.59. The molecule has 2 heterocycles. The molecule has 0 bridgehead atoms. The number of amides is 2. The molecule has 5 heteroatoms. The van der Waals surface area contributed by atoms with Crippen molar-refractivity contribution in [1.29, 1.82) is 0 Å². The second-order valence-corrected chi connectivity index (χ2v) is 8.48. The summed E-state index contributed by atoms with van der Waals surface area (Å²) in [5, 5.41) is -0.236. The van der Waals surface area contributed by atoms with Crippen molar-refractivity contribution in [3.05, 3.63) is 57.8 Å². The van der Waals surface area contributed by atoms with Gasteiger partial charge in [0.1, 0.15) is 0 Å². The van der Waals surface area contributed by atoms with E-state index < -0.39 is 0 Å². The minimum Gasteiger partial charge on any atom is -0.346 e. The van der Waals surface area contributed by atoms with Gasteiger partial charge in [-0.3, -0.25) is 9.59 Å². The highest BCUT2D eigenvalue weighted by Gasteiger charge is 2.36. The van der Waals surface area contributed by atoms with E-state index in [1.54, 1.807) is 0 Å². The molecule has 1 aromatic heterocycles. The molecule has 1 aromatic carbocycles. The summed E-state index contributed by atoms with van der Waals surface area (Å²) in [4.78, 5) is 27.1. The van der Waals surface area contributed by atoms with Crippen LogP contribution in [-0.2, 0) is 4.79 Å². The molecule has 2 aromatic rings. The summed E-state index contributed by atoms with van der Waals surface area (Å²) in [6, 6.07) is 10.2. The molecule has 1 aliphatic carbocycles. The Morgan fingerprint density at radius 3 is 2.37 bits per heavy atom. The molecule has 0 radical (unpaired) electrons. The van der Waals surface area contributed by atoms with Crippen LogP contribution in [0, 0.1) is 20.8 Å². The van der Waals surface area contributed by atoms with Crippen LogP contribution in [-0.4, -0.2) is 15.7 Å². The number of imide groups is 1. The van der Waals surface area contributed by atoms with E-state index in [1.807, 2.05) is 37.3 Å². The number of aromatic nitrogens is 1. The van der Waals surface area contributed by atoms with Crippen molar-refractivity contribution in [3.8, 4) is 0 Å². The average molecular weight is 381 g/mol. The fourth-order valence-electron chi connectivity index (χ4n) is 4.20. The number of anilines is 1. The second kappa shape index (κ2) is 7.04. The van der Waals surface area contributed by atoms with Crippen molar-refractivity contribution in [2.24, 2.45) is 0 Å². The number of carbonyl (C=O) groups is 2. The molecule has 1 aliphatic heterocycles. The van der Waals surface area contributed by atoms with Gasteiger partial charge >= 0.3 is 0 Å². The van der Waals surface area contributed by atoms with Gasteiger partial charge in [0.25, 0.3) is 11.1 Å². The van der Waals surface area contributed by atoms with Crippen molar-refractivity contribution < 1.29 is 9.59 Å². The first kappa shape index (κ1) is 18.1. The summed E-state index contributed by atoms with van der Waals surface area (Å²) in [5.74, 6) is -0.237. The normalized spacial score (nSPS) is 19.7. The summed E-state index contributed by atoms with van der Waals surface area (Å²) < 4.78 is 2.41. The van der Waals surface area contributed by atoms with Crippen LogP contribution >= 0.6 is 11.8 Å². The highest BCUT2D eigenvalue weighted by atomic mass is 32.2. The first-order chi connectivity index (χ1) is 13.0. The van der Waals surface area contributed by atoms with Gasteiger partial charge < -0.3 is 4.57 Å². The topological polar surface area (TPSA) is 42.3 Å². The van der Waals surface area contributed by atoms with E-state index in [2.05, 4.69) is 24.5 Å². The number of hydrogen-bond acceptors (Lipinski definition) is 3. The van der Waals surface area contributed by atoms with Gasteiger partial charge in [-0.1, -0.05) is 30.5 Å². The summed E-state index contributed by atoms with van der Waals surface area (Å²) in [5.41, 5.74) is 5.17. The Balaban J connectivity index is 1.65. The molecule has 0 unspecified atom stereocenters. The van der Waals surface area contributed by atoms with Crippen molar-refractivity contribution in [3.63, 3.8) is 0 Å². The third kappa shape index (κ3) is 3.25. The number of nitrogens with zero attached hydrogens (tertiary/aromatic N) is 2. The Labute approximate surface area is 164 Å². The first-order valence-corrected chi connectivity index (χ1v) is 10.3. The van der Waals surface area contributed by atoms with Crippen LogP contribution in [0.1, 0.15) is 54.2 Å². The van der Waals surface area contributed by atoms with Crippen LogP contribution in [0.5, 0.6) is 0 Å². The van der Waals surface area contributed by atoms with Crippen LogP contribution in [0.2, 0.25) is 0 Å². The van der Waals surface area contributed by atoms with Crippen molar-refractivity contribution in [2.75, 3.05) is 4.90 Å². The van der Waals surface area contributed by atoms with E-state index in [4.69, 9.17) is 0 Å². The smallest absolute Gasteiger partial charge is 0.298 e.